The molecule has 0 aliphatic carbocycles. The standard InChI is InChI=1S/C26H31FN4O2.ClH/c1-26(2,28)25(33)30-23(14-19-16-29-22-15-20(27)8-9-21(19)22)24(32)31-12-10-18(11-13-31)17-6-4-3-5-7-17;/h3-9,15-16,18,23,29H,10-14,28H2,1-2H3,(H,30,33);1H/t23-;/m1./s1. The zero-order valence-corrected chi connectivity index (χ0v) is 20.3. The topological polar surface area (TPSA) is 91.2 Å². The lowest BCUT2D eigenvalue weighted by molar-refractivity contribution is -0.138. The fourth-order valence-electron chi connectivity index (χ4n) is 4.47. The van der Waals surface area contributed by atoms with Crippen LogP contribution in [0.3, 0.4) is 0 Å². The lowest BCUT2D eigenvalue weighted by atomic mass is 9.89. The van der Waals surface area contributed by atoms with Gasteiger partial charge >= 0.3 is 0 Å². The van der Waals surface area contributed by atoms with Gasteiger partial charge in [-0.1, -0.05) is 30.3 Å². The highest BCUT2D eigenvalue weighted by atomic mass is 35.5. The van der Waals surface area contributed by atoms with Gasteiger partial charge in [0.05, 0.1) is 5.54 Å². The summed E-state index contributed by atoms with van der Waals surface area (Å²) in [5.41, 5.74) is 7.67. The predicted molar refractivity (Wildman–Crippen MR) is 134 cm³/mol. The third-order valence-corrected chi connectivity index (χ3v) is 6.42. The van der Waals surface area contributed by atoms with Gasteiger partial charge in [0.1, 0.15) is 11.9 Å². The highest BCUT2D eigenvalue weighted by Gasteiger charge is 2.33. The molecule has 6 nitrogen and oxygen atoms in total. The van der Waals surface area contributed by atoms with Crippen LogP contribution < -0.4 is 11.1 Å². The first-order valence-electron chi connectivity index (χ1n) is 11.4. The molecular weight excluding hydrogens is 455 g/mol. The van der Waals surface area contributed by atoms with Gasteiger partial charge in [0.2, 0.25) is 11.8 Å². The van der Waals surface area contributed by atoms with Crippen LogP contribution in [-0.2, 0) is 16.0 Å². The lowest BCUT2D eigenvalue weighted by Gasteiger charge is -2.35. The Morgan fingerprint density at radius 1 is 1.18 bits per heavy atom. The summed E-state index contributed by atoms with van der Waals surface area (Å²) in [6, 6.07) is 14.1. The molecule has 8 heteroatoms. The fraction of sp³-hybridized carbons (Fsp3) is 0.385. The summed E-state index contributed by atoms with van der Waals surface area (Å²) < 4.78 is 13.6. The largest absolute Gasteiger partial charge is 0.361 e. The molecule has 4 rings (SSSR count). The molecule has 1 saturated heterocycles. The Kier molecular flexibility index (Phi) is 8.00. The van der Waals surface area contributed by atoms with E-state index in [9.17, 15) is 14.0 Å². The molecule has 2 aromatic carbocycles. The number of aromatic amines is 1. The van der Waals surface area contributed by atoms with E-state index in [1.807, 2.05) is 23.1 Å². The summed E-state index contributed by atoms with van der Waals surface area (Å²) in [6.45, 7) is 4.50. The third-order valence-electron chi connectivity index (χ3n) is 6.42. The number of nitrogens with zero attached hydrogens (tertiary/aromatic N) is 1. The molecule has 0 radical (unpaired) electrons. The lowest BCUT2D eigenvalue weighted by Crippen LogP contribution is -2.57. The number of halogens is 2. The minimum atomic E-state index is -1.11. The first-order chi connectivity index (χ1) is 15.7. The van der Waals surface area contributed by atoms with Crippen LogP contribution in [0.4, 0.5) is 4.39 Å². The number of carbonyl (C=O) groups excluding carboxylic acids is 2. The molecule has 1 fully saturated rings. The van der Waals surface area contributed by atoms with Crippen molar-refractivity contribution in [2.45, 2.75) is 50.6 Å². The molecular formula is C26H32ClFN4O2. The fourth-order valence-corrected chi connectivity index (χ4v) is 4.47. The molecule has 182 valence electrons. The number of hydrogen-bond acceptors (Lipinski definition) is 3. The molecule has 1 aromatic heterocycles. The number of hydrogen-bond donors (Lipinski definition) is 3. The molecule has 1 aliphatic rings. The number of benzene rings is 2. The molecule has 0 bridgehead atoms. The van der Waals surface area contributed by atoms with E-state index in [1.54, 1.807) is 26.1 Å². The number of carbonyl (C=O) groups is 2. The number of rotatable bonds is 6. The third kappa shape index (κ3) is 5.77. The van der Waals surface area contributed by atoms with Gasteiger partial charge in [0, 0.05) is 36.6 Å². The van der Waals surface area contributed by atoms with E-state index in [-0.39, 0.29) is 30.0 Å². The average molecular weight is 487 g/mol. The zero-order chi connectivity index (χ0) is 23.6. The van der Waals surface area contributed by atoms with Crippen LogP contribution in [-0.4, -0.2) is 46.4 Å². The SMILES string of the molecule is CC(C)(N)C(=O)N[C@H](Cc1c[nH]c2cc(F)ccc12)C(=O)N1CCC(c2ccccc2)CC1.Cl. The molecule has 0 unspecified atom stereocenters. The van der Waals surface area contributed by atoms with E-state index >= 15 is 0 Å². The smallest absolute Gasteiger partial charge is 0.245 e. The molecule has 4 N–H and O–H groups in total. The minimum absolute atomic E-state index is 0. The number of nitrogens with one attached hydrogen (secondary N) is 2. The van der Waals surface area contributed by atoms with Crippen molar-refractivity contribution < 1.29 is 14.0 Å². The average Bonchev–Trinajstić information content (AvgIpc) is 3.19. The maximum absolute atomic E-state index is 13.6. The number of fused-ring (bicyclic) bond motifs is 1. The van der Waals surface area contributed by atoms with Crippen LogP contribution in [0.1, 0.15) is 43.7 Å². The number of nitrogens with two attached hydrogens (primary N) is 1. The van der Waals surface area contributed by atoms with E-state index in [1.165, 1.54) is 17.7 Å². The van der Waals surface area contributed by atoms with E-state index in [0.717, 1.165) is 23.8 Å². The van der Waals surface area contributed by atoms with Crippen LogP contribution in [0, 0.1) is 5.82 Å². The van der Waals surface area contributed by atoms with Crippen molar-refractivity contribution in [2.75, 3.05) is 13.1 Å². The number of amides is 2. The van der Waals surface area contributed by atoms with Crippen molar-refractivity contribution in [2.24, 2.45) is 5.73 Å². The van der Waals surface area contributed by atoms with Crippen LogP contribution >= 0.6 is 12.4 Å². The van der Waals surface area contributed by atoms with Crippen molar-refractivity contribution in [1.29, 1.82) is 0 Å². The van der Waals surface area contributed by atoms with E-state index in [4.69, 9.17) is 5.73 Å². The van der Waals surface area contributed by atoms with Crippen molar-refractivity contribution >= 4 is 35.1 Å². The molecule has 3 aromatic rings. The van der Waals surface area contributed by atoms with E-state index in [2.05, 4.69) is 22.4 Å². The van der Waals surface area contributed by atoms with Gasteiger partial charge in [0.15, 0.2) is 0 Å². The number of H-pyrrole nitrogens is 1. The summed E-state index contributed by atoms with van der Waals surface area (Å²) in [5.74, 6) is -0.403. The molecule has 1 atom stereocenters. The van der Waals surface area contributed by atoms with Crippen molar-refractivity contribution in [3.63, 3.8) is 0 Å². The van der Waals surface area contributed by atoms with Gasteiger partial charge in [-0.05, 0) is 61.9 Å². The highest BCUT2D eigenvalue weighted by molar-refractivity contribution is 5.92. The van der Waals surface area contributed by atoms with E-state index in [0.29, 0.717) is 30.9 Å². The molecule has 34 heavy (non-hydrogen) atoms. The Balaban J connectivity index is 0.00000324. The van der Waals surface area contributed by atoms with Crippen LogP contribution in [0.2, 0.25) is 0 Å². The Labute approximate surface area is 205 Å². The van der Waals surface area contributed by atoms with Gasteiger partial charge in [-0.25, -0.2) is 4.39 Å². The van der Waals surface area contributed by atoms with Gasteiger partial charge < -0.3 is 20.9 Å². The predicted octanol–water partition coefficient (Wildman–Crippen LogP) is 3.90. The van der Waals surface area contributed by atoms with Crippen molar-refractivity contribution in [3.8, 4) is 0 Å². The molecule has 2 amide bonds. The minimum Gasteiger partial charge on any atom is -0.361 e. The quantitative estimate of drug-likeness (QED) is 0.493. The molecule has 0 saturated carbocycles. The Morgan fingerprint density at radius 2 is 1.85 bits per heavy atom. The molecule has 2 heterocycles. The zero-order valence-electron chi connectivity index (χ0n) is 19.5. The first-order valence-corrected chi connectivity index (χ1v) is 11.4. The van der Waals surface area contributed by atoms with Gasteiger partial charge in [-0.2, -0.15) is 0 Å². The Bertz CT molecular complexity index is 1130. The summed E-state index contributed by atoms with van der Waals surface area (Å²) in [5, 5.41) is 3.70. The highest BCUT2D eigenvalue weighted by Crippen LogP contribution is 2.28. The van der Waals surface area contributed by atoms with Gasteiger partial charge in [-0.3, -0.25) is 9.59 Å². The van der Waals surface area contributed by atoms with Gasteiger partial charge in [-0.15, -0.1) is 12.4 Å². The summed E-state index contributed by atoms with van der Waals surface area (Å²) in [4.78, 5) is 31.1. The monoisotopic (exact) mass is 486 g/mol. The maximum Gasteiger partial charge on any atom is 0.245 e. The van der Waals surface area contributed by atoms with Crippen molar-refractivity contribution in [3.05, 3.63) is 71.7 Å². The molecule has 1 aliphatic heterocycles. The number of piperidine rings is 1. The van der Waals surface area contributed by atoms with Gasteiger partial charge in [0.25, 0.3) is 0 Å². The summed E-state index contributed by atoms with van der Waals surface area (Å²) in [6.07, 6.45) is 3.83. The first kappa shape index (κ1) is 25.7. The number of likely N-dealkylation sites (tertiary alicyclic amines) is 1. The van der Waals surface area contributed by atoms with Crippen molar-refractivity contribution in [1.82, 2.24) is 15.2 Å². The molecule has 0 spiro atoms. The second kappa shape index (κ2) is 10.6. The normalized spacial score (nSPS) is 15.6. The summed E-state index contributed by atoms with van der Waals surface area (Å²) >= 11 is 0. The Hall–Kier alpha value is -2.90. The summed E-state index contributed by atoms with van der Waals surface area (Å²) in [7, 11) is 0. The van der Waals surface area contributed by atoms with Crippen LogP contribution in [0.15, 0.2) is 54.7 Å². The second-order valence-electron chi connectivity index (χ2n) is 9.47. The second-order valence-corrected chi connectivity index (χ2v) is 9.47. The van der Waals surface area contributed by atoms with Crippen LogP contribution in [0.5, 0.6) is 0 Å². The van der Waals surface area contributed by atoms with E-state index < -0.39 is 11.6 Å². The number of aromatic nitrogens is 1. The van der Waals surface area contributed by atoms with Crippen LogP contribution in [0.25, 0.3) is 10.9 Å². The Morgan fingerprint density at radius 3 is 2.50 bits per heavy atom. The maximum atomic E-state index is 13.6.